The molecule has 0 aromatic carbocycles. The molecule has 3 aromatic rings. The molecule has 3 heterocycles. The van der Waals surface area contributed by atoms with Gasteiger partial charge in [0.05, 0.1) is 24.7 Å². The fraction of sp³-hybridized carbons (Fsp3) is 0.294. The molecule has 0 fully saturated rings. The number of carbonyl (C=O) groups is 1. The molecule has 0 aliphatic rings. The van der Waals surface area contributed by atoms with Gasteiger partial charge >= 0.3 is 5.97 Å². The fourth-order valence-electron chi connectivity index (χ4n) is 2.20. The number of furan rings is 1. The summed E-state index contributed by atoms with van der Waals surface area (Å²) in [6.07, 6.45) is 3.18. The van der Waals surface area contributed by atoms with E-state index in [-0.39, 0.29) is 17.8 Å². The minimum atomic E-state index is -0.285. The highest BCUT2D eigenvalue weighted by molar-refractivity contribution is 7.99. The normalized spacial score (nSPS) is 11.0. The summed E-state index contributed by atoms with van der Waals surface area (Å²) in [7, 11) is 0. The molecule has 7 nitrogen and oxygen atoms in total. The lowest BCUT2D eigenvalue weighted by molar-refractivity contribution is -0.144. The van der Waals surface area contributed by atoms with E-state index in [1.165, 1.54) is 11.8 Å². The lowest BCUT2D eigenvalue weighted by Gasteiger charge is -2.09. The van der Waals surface area contributed by atoms with Crippen LogP contribution in [0.15, 0.2) is 52.4 Å². The predicted octanol–water partition coefficient (Wildman–Crippen LogP) is 3.03. The third kappa shape index (κ3) is 4.48. The Bertz CT molecular complexity index is 816. The van der Waals surface area contributed by atoms with E-state index in [4.69, 9.17) is 9.15 Å². The van der Waals surface area contributed by atoms with Crippen LogP contribution >= 0.6 is 11.8 Å². The molecule has 0 aliphatic carbocycles. The van der Waals surface area contributed by atoms with Crippen LogP contribution in [-0.2, 0) is 16.1 Å². The van der Waals surface area contributed by atoms with Crippen LogP contribution in [0.1, 0.15) is 19.6 Å². The number of pyridine rings is 1. The van der Waals surface area contributed by atoms with E-state index in [9.17, 15) is 4.79 Å². The Morgan fingerprint density at radius 2 is 2.16 bits per heavy atom. The van der Waals surface area contributed by atoms with Crippen molar-refractivity contribution in [3.63, 3.8) is 0 Å². The summed E-state index contributed by atoms with van der Waals surface area (Å²) in [6.45, 7) is 4.09. The average Bonchev–Trinajstić information content (AvgIpc) is 3.24. The number of thioether (sulfide) groups is 1. The third-order valence-corrected chi connectivity index (χ3v) is 4.13. The Kier molecular flexibility index (Phi) is 5.49. The van der Waals surface area contributed by atoms with E-state index in [1.54, 1.807) is 12.5 Å². The molecule has 0 N–H and O–H groups in total. The second-order valence-corrected chi connectivity index (χ2v) is 6.46. The number of rotatable bonds is 7. The number of hydrogen-bond donors (Lipinski definition) is 0. The maximum atomic E-state index is 11.8. The first-order chi connectivity index (χ1) is 12.1. The van der Waals surface area contributed by atoms with Crippen molar-refractivity contribution in [1.82, 2.24) is 19.7 Å². The van der Waals surface area contributed by atoms with Crippen LogP contribution in [0.25, 0.3) is 11.5 Å². The molecular weight excluding hydrogens is 340 g/mol. The van der Waals surface area contributed by atoms with Crippen molar-refractivity contribution in [2.45, 2.75) is 31.7 Å². The molecule has 8 heteroatoms. The van der Waals surface area contributed by atoms with Gasteiger partial charge < -0.3 is 9.15 Å². The lowest BCUT2D eigenvalue weighted by Crippen LogP contribution is -2.14. The van der Waals surface area contributed by atoms with Crippen LogP contribution in [0, 0.1) is 0 Å². The van der Waals surface area contributed by atoms with Crippen molar-refractivity contribution >= 4 is 17.7 Å². The highest BCUT2D eigenvalue weighted by Gasteiger charge is 2.18. The molecule has 0 bridgehead atoms. The lowest BCUT2D eigenvalue weighted by atomic mass is 10.3. The van der Waals surface area contributed by atoms with E-state index in [0.717, 1.165) is 5.76 Å². The van der Waals surface area contributed by atoms with Gasteiger partial charge in [-0.3, -0.25) is 14.3 Å². The summed E-state index contributed by atoms with van der Waals surface area (Å²) < 4.78 is 12.5. The number of nitrogens with zero attached hydrogens (tertiary/aromatic N) is 4. The van der Waals surface area contributed by atoms with Crippen LogP contribution in [-0.4, -0.2) is 37.6 Å². The first-order valence-corrected chi connectivity index (χ1v) is 8.81. The Morgan fingerprint density at radius 1 is 1.28 bits per heavy atom. The highest BCUT2D eigenvalue weighted by Crippen LogP contribution is 2.24. The van der Waals surface area contributed by atoms with Crippen LogP contribution in [0.4, 0.5) is 0 Å². The molecule has 130 valence electrons. The van der Waals surface area contributed by atoms with Crippen molar-refractivity contribution in [1.29, 1.82) is 0 Å². The second kappa shape index (κ2) is 7.98. The minimum Gasteiger partial charge on any atom is -0.467 e. The number of esters is 1. The van der Waals surface area contributed by atoms with Gasteiger partial charge in [-0.15, -0.1) is 10.2 Å². The minimum absolute atomic E-state index is 0.141. The fourth-order valence-corrected chi connectivity index (χ4v) is 2.92. The van der Waals surface area contributed by atoms with Crippen LogP contribution in [0.3, 0.4) is 0 Å². The van der Waals surface area contributed by atoms with Gasteiger partial charge in [0, 0.05) is 6.20 Å². The summed E-state index contributed by atoms with van der Waals surface area (Å²) in [5, 5.41) is 9.06. The molecule has 0 amide bonds. The Morgan fingerprint density at radius 3 is 2.84 bits per heavy atom. The smallest absolute Gasteiger partial charge is 0.316 e. The summed E-state index contributed by atoms with van der Waals surface area (Å²) in [6, 6.07) is 9.30. The van der Waals surface area contributed by atoms with Gasteiger partial charge in [-0.1, -0.05) is 17.8 Å². The van der Waals surface area contributed by atoms with E-state index >= 15 is 0 Å². The van der Waals surface area contributed by atoms with Crippen molar-refractivity contribution in [3.05, 3.63) is 48.6 Å². The van der Waals surface area contributed by atoms with Gasteiger partial charge in [0.2, 0.25) is 0 Å². The monoisotopic (exact) mass is 358 g/mol. The SMILES string of the molecule is CC(C)OC(=O)CSc1nnc(-c2ccccn2)n1Cc1ccco1. The van der Waals surface area contributed by atoms with Crippen molar-refractivity contribution < 1.29 is 13.9 Å². The van der Waals surface area contributed by atoms with Crippen LogP contribution in [0.5, 0.6) is 0 Å². The van der Waals surface area contributed by atoms with E-state index in [0.29, 0.717) is 23.2 Å². The summed E-state index contributed by atoms with van der Waals surface area (Å²) in [5.41, 5.74) is 0.707. The van der Waals surface area contributed by atoms with Crippen molar-refractivity contribution in [3.8, 4) is 11.5 Å². The van der Waals surface area contributed by atoms with Gasteiger partial charge in [-0.2, -0.15) is 0 Å². The zero-order valence-corrected chi connectivity index (χ0v) is 14.8. The molecule has 3 aromatic heterocycles. The van der Waals surface area contributed by atoms with Gasteiger partial charge in [-0.05, 0) is 38.1 Å². The Hall–Kier alpha value is -2.61. The predicted molar refractivity (Wildman–Crippen MR) is 93.0 cm³/mol. The van der Waals surface area contributed by atoms with Crippen molar-refractivity contribution in [2.24, 2.45) is 0 Å². The van der Waals surface area contributed by atoms with E-state index < -0.39 is 0 Å². The summed E-state index contributed by atoms with van der Waals surface area (Å²) >= 11 is 1.28. The Balaban J connectivity index is 1.84. The molecule has 0 aliphatic heterocycles. The number of carbonyl (C=O) groups excluding carboxylic acids is 1. The maximum absolute atomic E-state index is 11.8. The molecule has 25 heavy (non-hydrogen) atoms. The molecule has 0 spiro atoms. The molecule has 0 saturated carbocycles. The highest BCUT2D eigenvalue weighted by atomic mass is 32.2. The van der Waals surface area contributed by atoms with Crippen LogP contribution < -0.4 is 0 Å². The first-order valence-electron chi connectivity index (χ1n) is 7.82. The number of ether oxygens (including phenoxy) is 1. The van der Waals surface area contributed by atoms with Gasteiger partial charge in [-0.25, -0.2) is 0 Å². The largest absolute Gasteiger partial charge is 0.467 e. The van der Waals surface area contributed by atoms with Gasteiger partial charge in [0.1, 0.15) is 11.5 Å². The maximum Gasteiger partial charge on any atom is 0.316 e. The topological polar surface area (TPSA) is 83.0 Å². The molecule has 3 rings (SSSR count). The average molecular weight is 358 g/mol. The zero-order chi connectivity index (χ0) is 17.6. The quantitative estimate of drug-likeness (QED) is 0.474. The molecule has 0 unspecified atom stereocenters. The Labute approximate surface area is 149 Å². The third-order valence-electron chi connectivity index (χ3n) is 3.19. The van der Waals surface area contributed by atoms with Crippen LogP contribution in [0.2, 0.25) is 0 Å². The summed E-state index contributed by atoms with van der Waals surface area (Å²) in [4.78, 5) is 16.1. The van der Waals surface area contributed by atoms with Gasteiger partial charge in [0.25, 0.3) is 0 Å². The zero-order valence-electron chi connectivity index (χ0n) is 14.0. The standard InChI is InChI=1S/C17H18N4O3S/c1-12(2)24-15(22)11-25-17-20-19-16(14-7-3-4-8-18-14)21(17)10-13-6-5-9-23-13/h3-9,12H,10-11H2,1-2H3. The number of aromatic nitrogens is 4. The second-order valence-electron chi connectivity index (χ2n) is 5.51. The molecular formula is C17H18N4O3S. The first kappa shape index (κ1) is 17.2. The van der Waals surface area contributed by atoms with Gasteiger partial charge in [0.15, 0.2) is 11.0 Å². The van der Waals surface area contributed by atoms with Crippen molar-refractivity contribution in [2.75, 3.05) is 5.75 Å². The summed E-state index contributed by atoms with van der Waals surface area (Å²) in [5.74, 6) is 1.27. The molecule has 0 radical (unpaired) electrons. The van der Waals surface area contributed by atoms with E-state index in [1.807, 2.05) is 48.7 Å². The molecule has 0 saturated heterocycles. The molecule has 0 atom stereocenters. The van der Waals surface area contributed by atoms with E-state index in [2.05, 4.69) is 15.2 Å². The number of hydrogen-bond acceptors (Lipinski definition) is 7.